The first kappa shape index (κ1) is 21.0. The van der Waals surface area contributed by atoms with E-state index in [1.54, 1.807) is 18.2 Å². The van der Waals surface area contributed by atoms with Crippen LogP contribution in [0.25, 0.3) is 0 Å². The van der Waals surface area contributed by atoms with Crippen LogP contribution < -0.4 is 19.6 Å². The second kappa shape index (κ2) is 10.1. The lowest BCUT2D eigenvalue weighted by atomic mass is 10.2. The van der Waals surface area contributed by atoms with Gasteiger partial charge in [-0.25, -0.2) is 5.43 Å². The summed E-state index contributed by atoms with van der Waals surface area (Å²) in [6.45, 7) is 1.81. The zero-order valence-corrected chi connectivity index (χ0v) is 15.9. The number of methoxy groups -OCH3 is 1. The lowest BCUT2D eigenvalue weighted by Crippen LogP contribution is -2.24. The molecular weight excluding hydrogens is 390 g/mol. The summed E-state index contributed by atoms with van der Waals surface area (Å²) in [7, 11) is 1.48. The highest BCUT2D eigenvalue weighted by Gasteiger charge is 2.15. The van der Waals surface area contributed by atoms with Gasteiger partial charge >= 0.3 is 5.69 Å². The fraction of sp³-hybridized carbons (Fsp3) is 0.222. The second-order valence-corrected chi connectivity index (χ2v) is 5.68. The SMILES string of the molecule is CCOc1cc(/C=N\NC(=O)COc2ccccc2[N+](=O)[O-])cc(Cl)c1OC. The molecule has 0 atom stereocenters. The molecule has 28 heavy (non-hydrogen) atoms. The first-order chi connectivity index (χ1) is 13.5. The Morgan fingerprint density at radius 1 is 1.29 bits per heavy atom. The molecule has 0 saturated carbocycles. The average molecular weight is 408 g/mol. The smallest absolute Gasteiger partial charge is 0.310 e. The van der Waals surface area contributed by atoms with Crippen molar-refractivity contribution in [1.82, 2.24) is 5.43 Å². The monoisotopic (exact) mass is 407 g/mol. The maximum atomic E-state index is 11.8. The number of nitrogens with zero attached hydrogens (tertiary/aromatic N) is 2. The molecule has 1 amide bonds. The Labute approximate surface area is 166 Å². The quantitative estimate of drug-likeness (QED) is 0.388. The summed E-state index contributed by atoms with van der Waals surface area (Å²) < 4.78 is 15.8. The predicted octanol–water partition coefficient (Wildman–Crippen LogP) is 3.18. The summed E-state index contributed by atoms with van der Waals surface area (Å²) >= 11 is 6.14. The summed E-state index contributed by atoms with van der Waals surface area (Å²) in [6.07, 6.45) is 1.37. The average Bonchev–Trinajstić information content (AvgIpc) is 2.66. The molecule has 10 heteroatoms. The van der Waals surface area contributed by atoms with Crippen LogP contribution in [0.4, 0.5) is 5.69 Å². The van der Waals surface area contributed by atoms with Crippen LogP contribution in [0.1, 0.15) is 12.5 Å². The standard InChI is InChI=1S/C18H18ClN3O6/c1-3-27-16-9-12(8-13(19)18(16)26-2)10-20-21-17(23)11-28-15-7-5-4-6-14(15)22(24)25/h4-10H,3,11H2,1-2H3,(H,21,23)/b20-10-. The highest BCUT2D eigenvalue weighted by Crippen LogP contribution is 2.35. The Bertz CT molecular complexity index is 888. The molecule has 0 radical (unpaired) electrons. The maximum Gasteiger partial charge on any atom is 0.310 e. The van der Waals surface area contributed by atoms with Gasteiger partial charge in [0.05, 0.1) is 29.9 Å². The highest BCUT2D eigenvalue weighted by atomic mass is 35.5. The van der Waals surface area contributed by atoms with E-state index in [2.05, 4.69) is 10.5 Å². The molecule has 0 fully saturated rings. The van der Waals surface area contributed by atoms with Gasteiger partial charge in [-0.2, -0.15) is 5.10 Å². The zero-order valence-electron chi connectivity index (χ0n) is 15.2. The van der Waals surface area contributed by atoms with Gasteiger partial charge in [0.2, 0.25) is 0 Å². The number of para-hydroxylation sites is 2. The Balaban J connectivity index is 1.98. The van der Waals surface area contributed by atoms with E-state index in [1.807, 2.05) is 6.92 Å². The number of nitro benzene ring substituents is 1. The molecule has 2 aromatic carbocycles. The van der Waals surface area contributed by atoms with Crippen LogP contribution in [0.15, 0.2) is 41.5 Å². The number of nitro groups is 1. The van der Waals surface area contributed by atoms with Gasteiger partial charge in [-0.05, 0) is 30.7 Å². The number of carbonyl (C=O) groups excluding carboxylic acids is 1. The van der Waals surface area contributed by atoms with Crippen LogP contribution in [0.5, 0.6) is 17.2 Å². The van der Waals surface area contributed by atoms with E-state index < -0.39 is 17.4 Å². The third kappa shape index (κ3) is 5.58. The summed E-state index contributed by atoms with van der Waals surface area (Å²) in [6, 6.07) is 9.03. The third-order valence-electron chi connectivity index (χ3n) is 3.36. The number of hydrazone groups is 1. The van der Waals surface area contributed by atoms with E-state index in [4.69, 9.17) is 25.8 Å². The molecule has 9 nitrogen and oxygen atoms in total. The Kier molecular flexibility index (Phi) is 7.58. The van der Waals surface area contributed by atoms with Gasteiger partial charge in [0.25, 0.3) is 5.91 Å². The van der Waals surface area contributed by atoms with Crippen LogP contribution >= 0.6 is 11.6 Å². The van der Waals surface area contributed by atoms with Crippen molar-refractivity contribution < 1.29 is 23.9 Å². The maximum absolute atomic E-state index is 11.8. The van der Waals surface area contributed by atoms with Crippen molar-refractivity contribution >= 4 is 29.4 Å². The minimum absolute atomic E-state index is 0.00470. The molecule has 2 aromatic rings. The molecule has 0 aromatic heterocycles. The summed E-state index contributed by atoms with van der Waals surface area (Å²) in [5.41, 5.74) is 2.62. The molecule has 0 heterocycles. The lowest BCUT2D eigenvalue weighted by Gasteiger charge is -2.11. The highest BCUT2D eigenvalue weighted by molar-refractivity contribution is 6.32. The molecule has 0 saturated heterocycles. The number of hydrogen-bond acceptors (Lipinski definition) is 7. The van der Waals surface area contributed by atoms with Gasteiger partial charge in [0.15, 0.2) is 23.9 Å². The number of benzene rings is 2. The number of carbonyl (C=O) groups is 1. The number of amides is 1. The lowest BCUT2D eigenvalue weighted by molar-refractivity contribution is -0.385. The van der Waals surface area contributed by atoms with Crippen molar-refractivity contribution in [2.45, 2.75) is 6.92 Å². The Hall–Kier alpha value is -3.33. The minimum atomic E-state index is -0.589. The number of ether oxygens (including phenoxy) is 3. The molecule has 0 bridgehead atoms. The summed E-state index contributed by atoms with van der Waals surface area (Å²) in [5.74, 6) is 0.265. The van der Waals surface area contributed by atoms with Crippen molar-refractivity contribution in [1.29, 1.82) is 0 Å². The fourth-order valence-electron chi connectivity index (χ4n) is 2.21. The van der Waals surface area contributed by atoms with Crippen LogP contribution in [0.2, 0.25) is 5.02 Å². The molecule has 0 unspecified atom stereocenters. The van der Waals surface area contributed by atoms with E-state index in [0.717, 1.165) is 0 Å². The molecule has 0 aliphatic heterocycles. The number of nitrogens with one attached hydrogen (secondary N) is 1. The van der Waals surface area contributed by atoms with E-state index in [9.17, 15) is 14.9 Å². The van der Waals surface area contributed by atoms with E-state index >= 15 is 0 Å². The molecular formula is C18H18ClN3O6. The fourth-order valence-corrected chi connectivity index (χ4v) is 2.50. The van der Waals surface area contributed by atoms with Gasteiger partial charge < -0.3 is 14.2 Å². The van der Waals surface area contributed by atoms with E-state index in [1.165, 1.54) is 31.5 Å². The van der Waals surface area contributed by atoms with Crippen molar-refractivity contribution in [2.75, 3.05) is 20.3 Å². The summed E-state index contributed by atoms with van der Waals surface area (Å²) in [4.78, 5) is 22.2. The van der Waals surface area contributed by atoms with E-state index in [0.29, 0.717) is 28.7 Å². The Morgan fingerprint density at radius 3 is 2.71 bits per heavy atom. The van der Waals surface area contributed by atoms with Gasteiger partial charge in [-0.15, -0.1) is 0 Å². The van der Waals surface area contributed by atoms with Gasteiger partial charge in [-0.3, -0.25) is 14.9 Å². The third-order valence-corrected chi connectivity index (χ3v) is 3.64. The zero-order chi connectivity index (χ0) is 20.5. The predicted molar refractivity (Wildman–Crippen MR) is 104 cm³/mol. The topological polar surface area (TPSA) is 112 Å². The van der Waals surface area contributed by atoms with E-state index in [-0.39, 0.29) is 11.4 Å². The summed E-state index contributed by atoms with van der Waals surface area (Å²) in [5, 5.41) is 15.1. The van der Waals surface area contributed by atoms with Gasteiger partial charge in [-0.1, -0.05) is 23.7 Å². The number of rotatable bonds is 9. The van der Waals surface area contributed by atoms with Crippen LogP contribution in [0.3, 0.4) is 0 Å². The molecule has 0 aliphatic rings. The first-order valence-corrected chi connectivity index (χ1v) is 8.52. The Morgan fingerprint density at radius 2 is 2.04 bits per heavy atom. The molecule has 148 valence electrons. The van der Waals surface area contributed by atoms with Gasteiger partial charge in [0, 0.05) is 6.07 Å². The largest absolute Gasteiger partial charge is 0.491 e. The van der Waals surface area contributed by atoms with Crippen LogP contribution in [-0.2, 0) is 4.79 Å². The minimum Gasteiger partial charge on any atom is -0.491 e. The van der Waals surface area contributed by atoms with Crippen molar-refractivity contribution in [3.63, 3.8) is 0 Å². The molecule has 1 N–H and O–H groups in total. The second-order valence-electron chi connectivity index (χ2n) is 5.27. The van der Waals surface area contributed by atoms with Gasteiger partial charge in [0.1, 0.15) is 0 Å². The van der Waals surface area contributed by atoms with Crippen molar-refractivity contribution in [2.24, 2.45) is 5.10 Å². The van der Waals surface area contributed by atoms with Crippen molar-refractivity contribution in [3.05, 3.63) is 57.1 Å². The van der Waals surface area contributed by atoms with Crippen LogP contribution in [-0.4, -0.2) is 37.4 Å². The normalized spacial score (nSPS) is 10.5. The molecule has 0 aliphatic carbocycles. The number of halogens is 1. The number of hydrogen-bond donors (Lipinski definition) is 1. The molecule has 2 rings (SSSR count). The van der Waals surface area contributed by atoms with Crippen molar-refractivity contribution in [3.8, 4) is 17.2 Å². The molecule has 0 spiro atoms. The van der Waals surface area contributed by atoms with Crippen LogP contribution in [0, 0.1) is 10.1 Å². The first-order valence-electron chi connectivity index (χ1n) is 8.14.